The average molecular weight is 675 g/mol. The number of hydrogen-bond acceptors (Lipinski definition) is 0. The maximum atomic E-state index is 2.58. The van der Waals surface area contributed by atoms with Gasteiger partial charge in [-0.15, -0.1) is 0 Å². The molecule has 0 unspecified atom stereocenters. The highest BCUT2D eigenvalue weighted by Crippen LogP contribution is 2.56. The third kappa shape index (κ3) is 4.80. The molecule has 52 heavy (non-hydrogen) atoms. The van der Waals surface area contributed by atoms with Crippen molar-refractivity contribution < 1.29 is 0 Å². The van der Waals surface area contributed by atoms with Gasteiger partial charge >= 0.3 is 0 Å². The summed E-state index contributed by atoms with van der Waals surface area (Å²) in [6.07, 6.45) is 1.07. The van der Waals surface area contributed by atoms with Crippen molar-refractivity contribution >= 4 is 21.5 Å². The SMILES string of the molecule is CC(C)Cc1cccc(-c2c3cc4c(cc3c(-c3ccc(C(C)(C)C)cc3)c3cc5c(cc23)-c2ccccc2C5(C)C)C(C)(C)c2ccccc2-4)c1. The van der Waals surface area contributed by atoms with Gasteiger partial charge in [0.15, 0.2) is 0 Å². The molecule has 0 aromatic heterocycles. The van der Waals surface area contributed by atoms with Crippen LogP contribution in [0.5, 0.6) is 0 Å². The second kappa shape index (κ2) is 11.3. The standard InChI is InChI=1S/C52H50/c1-31(2)25-32-15-14-16-34(26-32)49-40-27-38-36-17-10-12-19-44(36)51(6,7)46(38)29-42(40)48(33-21-23-35(24-22-33)50(3,4)5)43-30-47-39(28-41(43)49)37-18-11-13-20-45(37)52(47,8)9/h10-24,26-31H,25H2,1-9H3. The highest BCUT2D eigenvalue weighted by atomic mass is 14.4. The summed E-state index contributed by atoms with van der Waals surface area (Å²) in [4.78, 5) is 0. The van der Waals surface area contributed by atoms with Gasteiger partial charge in [-0.25, -0.2) is 0 Å². The molecule has 0 radical (unpaired) electrons. The zero-order valence-corrected chi connectivity index (χ0v) is 32.3. The molecule has 0 saturated heterocycles. The molecule has 9 rings (SSSR count). The van der Waals surface area contributed by atoms with Crippen molar-refractivity contribution in [3.63, 3.8) is 0 Å². The normalized spacial score (nSPS) is 15.2. The summed E-state index contributed by atoms with van der Waals surface area (Å²) in [6.45, 7) is 21.2. The molecule has 7 aromatic rings. The van der Waals surface area contributed by atoms with Gasteiger partial charge < -0.3 is 0 Å². The van der Waals surface area contributed by atoms with Gasteiger partial charge in [-0.1, -0.05) is 159 Å². The molecule has 7 aromatic carbocycles. The number of benzene rings is 7. The van der Waals surface area contributed by atoms with Gasteiger partial charge in [-0.2, -0.15) is 0 Å². The fraction of sp³-hybridized carbons (Fsp3) is 0.269. The Bertz CT molecular complexity index is 2460. The number of hydrogen-bond donors (Lipinski definition) is 0. The van der Waals surface area contributed by atoms with E-state index in [9.17, 15) is 0 Å². The van der Waals surface area contributed by atoms with Gasteiger partial charge in [0.25, 0.3) is 0 Å². The first-order chi connectivity index (χ1) is 24.7. The summed E-state index contributed by atoms with van der Waals surface area (Å²) in [7, 11) is 0. The Balaban J connectivity index is 1.48. The van der Waals surface area contributed by atoms with E-state index in [0.29, 0.717) is 5.92 Å². The van der Waals surface area contributed by atoms with E-state index in [1.807, 2.05) is 0 Å². The molecule has 0 N–H and O–H groups in total. The minimum absolute atomic E-state index is 0.0841. The average Bonchev–Trinajstić information content (AvgIpc) is 3.47. The summed E-state index contributed by atoms with van der Waals surface area (Å²) in [5.41, 5.74) is 19.1. The maximum absolute atomic E-state index is 2.58. The van der Waals surface area contributed by atoms with Crippen molar-refractivity contribution in [3.05, 3.63) is 155 Å². The van der Waals surface area contributed by atoms with Gasteiger partial charge in [-0.05, 0) is 141 Å². The van der Waals surface area contributed by atoms with E-state index in [1.165, 1.54) is 99.4 Å². The van der Waals surface area contributed by atoms with Crippen LogP contribution in [0.3, 0.4) is 0 Å². The molecule has 2 aliphatic carbocycles. The van der Waals surface area contributed by atoms with Crippen LogP contribution < -0.4 is 0 Å². The van der Waals surface area contributed by atoms with E-state index in [1.54, 1.807) is 0 Å². The predicted molar refractivity (Wildman–Crippen MR) is 225 cm³/mol. The molecular formula is C52H50. The smallest absolute Gasteiger partial charge is 0.0159 e. The highest BCUT2D eigenvalue weighted by Gasteiger charge is 2.38. The van der Waals surface area contributed by atoms with Crippen molar-refractivity contribution in [3.8, 4) is 44.5 Å². The zero-order valence-electron chi connectivity index (χ0n) is 32.3. The molecule has 0 aliphatic heterocycles. The second-order valence-electron chi connectivity index (χ2n) is 18.1. The first kappa shape index (κ1) is 32.9. The third-order valence-corrected chi connectivity index (χ3v) is 12.4. The van der Waals surface area contributed by atoms with Crippen LogP contribution in [0.1, 0.15) is 95.7 Å². The van der Waals surface area contributed by atoms with Crippen LogP contribution in [0, 0.1) is 5.92 Å². The second-order valence-corrected chi connectivity index (χ2v) is 18.1. The fourth-order valence-corrected chi connectivity index (χ4v) is 9.70. The molecule has 2 aliphatic rings. The molecule has 0 nitrogen and oxygen atoms in total. The summed E-state index contributed by atoms with van der Waals surface area (Å²) >= 11 is 0. The fourth-order valence-electron chi connectivity index (χ4n) is 9.70. The molecule has 0 bridgehead atoms. The van der Waals surface area contributed by atoms with Gasteiger partial charge in [-0.3, -0.25) is 0 Å². The molecule has 0 spiro atoms. The Labute approximate surface area is 310 Å². The quantitative estimate of drug-likeness (QED) is 0.163. The lowest BCUT2D eigenvalue weighted by Gasteiger charge is -2.26. The lowest BCUT2D eigenvalue weighted by molar-refractivity contribution is 0.590. The van der Waals surface area contributed by atoms with E-state index >= 15 is 0 Å². The molecular weight excluding hydrogens is 625 g/mol. The molecule has 0 fully saturated rings. The molecule has 258 valence electrons. The van der Waals surface area contributed by atoms with Gasteiger partial charge in [0.05, 0.1) is 0 Å². The first-order valence-electron chi connectivity index (χ1n) is 19.3. The largest absolute Gasteiger partial charge is 0.0625 e. The highest BCUT2D eigenvalue weighted by molar-refractivity contribution is 6.23. The van der Waals surface area contributed by atoms with Gasteiger partial charge in [0.2, 0.25) is 0 Å². The monoisotopic (exact) mass is 674 g/mol. The van der Waals surface area contributed by atoms with Crippen molar-refractivity contribution in [2.24, 2.45) is 5.92 Å². The molecule has 0 heterocycles. The lowest BCUT2D eigenvalue weighted by atomic mass is 9.77. The van der Waals surface area contributed by atoms with E-state index < -0.39 is 0 Å². The van der Waals surface area contributed by atoms with Gasteiger partial charge in [0, 0.05) is 10.8 Å². The zero-order chi connectivity index (χ0) is 36.3. The third-order valence-electron chi connectivity index (χ3n) is 12.4. The van der Waals surface area contributed by atoms with Crippen LogP contribution in [0.25, 0.3) is 66.1 Å². The van der Waals surface area contributed by atoms with Crippen LogP contribution in [0.15, 0.2) is 121 Å². The number of rotatable bonds is 4. The summed E-state index contributed by atoms with van der Waals surface area (Å²) in [5.74, 6) is 0.589. The van der Waals surface area contributed by atoms with Crippen LogP contribution in [-0.2, 0) is 22.7 Å². The van der Waals surface area contributed by atoms with Crippen molar-refractivity contribution in [1.29, 1.82) is 0 Å². The maximum Gasteiger partial charge on any atom is 0.0159 e. The topological polar surface area (TPSA) is 0 Å². The van der Waals surface area contributed by atoms with Crippen LogP contribution in [0.4, 0.5) is 0 Å². The van der Waals surface area contributed by atoms with Crippen LogP contribution >= 0.6 is 0 Å². The van der Waals surface area contributed by atoms with E-state index in [4.69, 9.17) is 0 Å². The predicted octanol–water partition coefficient (Wildman–Crippen LogP) is 14.4. The van der Waals surface area contributed by atoms with Crippen molar-refractivity contribution in [2.75, 3.05) is 0 Å². The molecule has 0 amide bonds. The van der Waals surface area contributed by atoms with E-state index in [-0.39, 0.29) is 16.2 Å². The van der Waals surface area contributed by atoms with E-state index in [0.717, 1.165) is 6.42 Å². The Morgan fingerprint density at radius 2 is 0.942 bits per heavy atom. The minimum Gasteiger partial charge on any atom is -0.0625 e. The Morgan fingerprint density at radius 1 is 0.462 bits per heavy atom. The van der Waals surface area contributed by atoms with Crippen molar-refractivity contribution in [1.82, 2.24) is 0 Å². The summed E-state index contributed by atoms with van der Waals surface area (Å²) in [6, 6.07) is 47.3. The Hall–Kier alpha value is -4.94. The van der Waals surface area contributed by atoms with Crippen molar-refractivity contribution in [2.45, 2.75) is 85.0 Å². The summed E-state index contributed by atoms with van der Waals surface area (Å²) in [5, 5.41) is 5.35. The molecule has 0 atom stereocenters. The minimum atomic E-state index is -0.0959. The van der Waals surface area contributed by atoms with E-state index in [2.05, 4.69) is 184 Å². The summed E-state index contributed by atoms with van der Waals surface area (Å²) < 4.78 is 0. The van der Waals surface area contributed by atoms with Crippen LogP contribution in [0.2, 0.25) is 0 Å². The first-order valence-corrected chi connectivity index (χ1v) is 19.3. The van der Waals surface area contributed by atoms with Gasteiger partial charge in [0.1, 0.15) is 0 Å². The molecule has 0 saturated carbocycles. The van der Waals surface area contributed by atoms with Crippen LogP contribution in [-0.4, -0.2) is 0 Å². The Morgan fingerprint density at radius 3 is 1.44 bits per heavy atom. The molecule has 0 heteroatoms. The number of fused-ring (bicyclic) bond motifs is 8. The Kier molecular flexibility index (Phi) is 7.14. The lowest BCUT2D eigenvalue weighted by Crippen LogP contribution is -2.15.